The van der Waals surface area contributed by atoms with Crippen molar-refractivity contribution < 1.29 is 9.66 Å². The second kappa shape index (κ2) is 5.93. The first-order valence-corrected chi connectivity index (χ1v) is 5.89. The maximum atomic E-state index is 10.6. The van der Waals surface area contributed by atoms with E-state index >= 15 is 0 Å². The number of ether oxygens (including phenoxy) is 1. The average molecular weight is 275 g/mol. The van der Waals surface area contributed by atoms with Crippen molar-refractivity contribution >= 4 is 11.5 Å². The van der Waals surface area contributed by atoms with Gasteiger partial charge in [-0.2, -0.15) is 4.98 Å². The molecule has 1 heterocycles. The van der Waals surface area contributed by atoms with Crippen LogP contribution in [0.2, 0.25) is 0 Å². The number of nitrogens with two attached hydrogens (primary N) is 1. The zero-order valence-electron chi connectivity index (χ0n) is 10.7. The monoisotopic (exact) mass is 275 g/mol. The SMILES string of the molecule is CCc1nc(NN)cc(Oc2ccc([N+](=O)[O-])cc2)n1. The third kappa shape index (κ3) is 3.18. The van der Waals surface area contributed by atoms with Crippen LogP contribution in [-0.4, -0.2) is 14.9 Å². The Bertz CT molecular complexity index is 593. The Kier molecular flexibility index (Phi) is 4.06. The number of hydrazine groups is 1. The van der Waals surface area contributed by atoms with Gasteiger partial charge in [-0.3, -0.25) is 10.1 Å². The van der Waals surface area contributed by atoms with Crippen molar-refractivity contribution in [2.75, 3.05) is 5.43 Å². The number of rotatable bonds is 5. The fraction of sp³-hybridized carbons (Fsp3) is 0.167. The summed E-state index contributed by atoms with van der Waals surface area (Å²) in [6.07, 6.45) is 0.631. The Labute approximate surface area is 114 Å². The van der Waals surface area contributed by atoms with Gasteiger partial charge in [-0.25, -0.2) is 10.8 Å². The highest BCUT2D eigenvalue weighted by Crippen LogP contribution is 2.23. The van der Waals surface area contributed by atoms with Gasteiger partial charge in [0.15, 0.2) is 0 Å². The molecule has 0 fully saturated rings. The molecule has 1 aromatic heterocycles. The Morgan fingerprint density at radius 3 is 2.60 bits per heavy atom. The van der Waals surface area contributed by atoms with E-state index in [0.717, 1.165) is 0 Å². The molecule has 0 aliphatic rings. The summed E-state index contributed by atoms with van der Waals surface area (Å²) in [7, 11) is 0. The number of nitrogens with zero attached hydrogens (tertiary/aromatic N) is 3. The van der Waals surface area contributed by atoms with Gasteiger partial charge < -0.3 is 10.2 Å². The Morgan fingerprint density at radius 2 is 2.05 bits per heavy atom. The molecule has 8 nitrogen and oxygen atoms in total. The van der Waals surface area contributed by atoms with Crippen LogP contribution in [0.5, 0.6) is 11.6 Å². The molecule has 2 aromatic rings. The summed E-state index contributed by atoms with van der Waals surface area (Å²) in [4.78, 5) is 18.4. The molecular formula is C12H13N5O3. The molecule has 0 unspecified atom stereocenters. The molecule has 2 rings (SSSR count). The lowest BCUT2D eigenvalue weighted by molar-refractivity contribution is -0.384. The number of hydrogen-bond acceptors (Lipinski definition) is 7. The van der Waals surface area contributed by atoms with Crippen molar-refractivity contribution in [2.45, 2.75) is 13.3 Å². The fourth-order valence-corrected chi connectivity index (χ4v) is 1.51. The van der Waals surface area contributed by atoms with Gasteiger partial charge in [0.2, 0.25) is 5.88 Å². The number of aromatic nitrogens is 2. The van der Waals surface area contributed by atoms with Crippen LogP contribution >= 0.6 is 0 Å². The van der Waals surface area contributed by atoms with Gasteiger partial charge in [0.05, 0.1) is 4.92 Å². The highest BCUT2D eigenvalue weighted by molar-refractivity contribution is 5.41. The van der Waals surface area contributed by atoms with E-state index in [1.807, 2.05) is 6.92 Å². The lowest BCUT2D eigenvalue weighted by Crippen LogP contribution is -2.10. The normalized spacial score (nSPS) is 10.1. The number of benzene rings is 1. The Hall–Kier alpha value is -2.74. The molecule has 0 amide bonds. The van der Waals surface area contributed by atoms with Crippen LogP contribution in [0.4, 0.5) is 11.5 Å². The quantitative estimate of drug-likeness (QED) is 0.487. The van der Waals surface area contributed by atoms with E-state index in [9.17, 15) is 10.1 Å². The second-order valence-electron chi connectivity index (χ2n) is 3.86. The minimum atomic E-state index is -0.472. The number of nitro benzene ring substituents is 1. The van der Waals surface area contributed by atoms with Crippen LogP contribution in [0.15, 0.2) is 30.3 Å². The summed E-state index contributed by atoms with van der Waals surface area (Å²) in [6.45, 7) is 1.91. The molecule has 8 heteroatoms. The minimum absolute atomic E-state index is 0.00130. The summed E-state index contributed by atoms with van der Waals surface area (Å²) < 4.78 is 5.53. The number of non-ortho nitro benzene ring substituents is 1. The summed E-state index contributed by atoms with van der Waals surface area (Å²) in [5.74, 6) is 7.10. The highest BCUT2D eigenvalue weighted by Gasteiger charge is 2.07. The number of anilines is 1. The molecule has 0 radical (unpaired) electrons. The van der Waals surface area contributed by atoms with Gasteiger partial charge in [0, 0.05) is 24.6 Å². The van der Waals surface area contributed by atoms with E-state index in [1.165, 1.54) is 24.3 Å². The van der Waals surface area contributed by atoms with Crippen molar-refractivity contribution in [1.29, 1.82) is 0 Å². The fourth-order valence-electron chi connectivity index (χ4n) is 1.51. The predicted molar refractivity (Wildman–Crippen MR) is 72.4 cm³/mol. The predicted octanol–water partition coefficient (Wildman–Crippen LogP) is 2.03. The Balaban J connectivity index is 2.22. The number of nitrogens with one attached hydrogen (secondary N) is 1. The lowest BCUT2D eigenvalue weighted by atomic mass is 10.3. The minimum Gasteiger partial charge on any atom is -0.439 e. The zero-order valence-corrected chi connectivity index (χ0v) is 10.7. The highest BCUT2D eigenvalue weighted by atomic mass is 16.6. The number of hydrogen-bond donors (Lipinski definition) is 2. The number of aryl methyl sites for hydroxylation is 1. The van der Waals surface area contributed by atoms with Crippen molar-refractivity contribution in [3.63, 3.8) is 0 Å². The van der Waals surface area contributed by atoms with E-state index in [2.05, 4.69) is 15.4 Å². The third-order valence-corrected chi connectivity index (χ3v) is 2.48. The second-order valence-corrected chi connectivity index (χ2v) is 3.86. The molecule has 1 aromatic carbocycles. The zero-order chi connectivity index (χ0) is 14.5. The Morgan fingerprint density at radius 1 is 1.35 bits per heavy atom. The average Bonchev–Trinajstić information content (AvgIpc) is 2.47. The number of nitrogen functional groups attached to an aromatic ring is 1. The summed E-state index contributed by atoms with van der Waals surface area (Å²) in [5.41, 5.74) is 2.43. The first-order valence-electron chi connectivity index (χ1n) is 5.89. The number of nitro groups is 1. The first-order chi connectivity index (χ1) is 9.62. The summed E-state index contributed by atoms with van der Waals surface area (Å²) >= 11 is 0. The van der Waals surface area contributed by atoms with E-state index in [1.54, 1.807) is 6.07 Å². The topological polar surface area (TPSA) is 116 Å². The maximum Gasteiger partial charge on any atom is 0.269 e. The standard InChI is InChI=1S/C12H13N5O3/c1-2-10-14-11(16-13)7-12(15-10)20-9-5-3-8(4-6-9)17(18)19/h3-7H,2,13H2,1H3,(H,14,15,16). The molecule has 104 valence electrons. The molecule has 20 heavy (non-hydrogen) atoms. The van der Waals surface area contributed by atoms with Gasteiger partial charge in [-0.05, 0) is 12.1 Å². The van der Waals surface area contributed by atoms with Crippen LogP contribution in [-0.2, 0) is 6.42 Å². The van der Waals surface area contributed by atoms with Crippen LogP contribution in [0.25, 0.3) is 0 Å². The van der Waals surface area contributed by atoms with Gasteiger partial charge in [0.1, 0.15) is 17.4 Å². The van der Waals surface area contributed by atoms with Gasteiger partial charge in [-0.15, -0.1) is 0 Å². The third-order valence-electron chi connectivity index (χ3n) is 2.48. The van der Waals surface area contributed by atoms with Crippen molar-refractivity contribution in [2.24, 2.45) is 5.84 Å². The first kappa shape index (κ1) is 13.7. The van der Waals surface area contributed by atoms with Crippen molar-refractivity contribution in [1.82, 2.24) is 9.97 Å². The van der Waals surface area contributed by atoms with E-state index < -0.39 is 4.92 Å². The van der Waals surface area contributed by atoms with Crippen LogP contribution < -0.4 is 16.0 Å². The van der Waals surface area contributed by atoms with Crippen molar-refractivity contribution in [3.05, 3.63) is 46.3 Å². The lowest BCUT2D eigenvalue weighted by Gasteiger charge is -2.08. The van der Waals surface area contributed by atoms with E-state index in [0.29, 0.717) is 29.7 Å². The van der Waals surface area contributed by atoms with Gasteiger partial charge in [0.25, 0.3) is 5.69 Å². The molecule has 0 spiro atoms. The molecule has 0 aliphatic heterocycles. The van der Waals surface area contributed by atoms with E-state index in [-0.39, 0.29) is 5.69 Å². The van der Waals surface area contributed by atoms with Crippen LogP contribution in [0, 0.1) is 10.1 Å². The molecule has 0 atom stereocenters. The van der Waals surface area contributed by atoms with Crippen LogP contribution in [0.3, 0.4) is 0 Å². The maximum absolute atomic E-state index is 10.6. The van der Waals surface area contributed by atoms with Crippen LogP contribution in [0.1, 0.15) is 12.7 Å². The van der Waals surface area contributed by atoms with Crippen molar-refractivity contribution in [3.8, 4) is 11.6 Å². The van der Waals surface area contributed by atoms with Gasteiger partial charge in [-0.1, -0.05) is 6.92 Å². The molecule has 0 bridgehead atoms. The molecule has 0 saturated heterocycles. The smallest absolute Gasteiger partial charge is 0.269 e. The molecule has 0 aliphatic carbocycles. The van der Waals surface area contributed by atoms with Gasteiger partial charge >= 0.3 is 0 Å². The largest absolute Gasteiger partial charge is 0.439 e. The molecule has 0 saturated carbocycles. The van der Waals surface area contributed by atoms with E-state index in [4.69, 9.17) is 10.6 Å². The molecular weight excluding hydrogens is 262 g/mol. The molecule has 3 N–H and O–H groups in total. The summed E-state index contributed by atoms with van der Waals surface area (Å²) in [6, 6.07) is 7.27. The summed E-state index contributed by atoms with van der Waals surface area (Å²) in [5, 5.41) is 10.6.